The smallest absolute Gasteiger partial charge is 0.338 e. The van der Waals surface area contributed by atoms with Crippen LogP contribution in [0.15, 0.2) is 30.6 Å². The first kappa shape index (κ1) is 20.1. The lowest BCUT2D eigenvalue weighted by molar-refractivity contribution is -0.137. The second-order valence-electron chi connectivity index (χ2n) is 7.32. The third-order valence-corrected chi connectivity index (χ3v) is 4.43. The maximum absolute atomic E-state index is 13.0. The van der Waals surface area contributed by atoms with Gasteiger partial charge in [-0.1, -0.05) is 0 Å². The van der Waals surface area contributed by atoms with Crippen LogP contribution in [0.4, 0.5) is 13.2 Å². The lowest BCUT2D eigenvalue weighted by Crippen LogP contribution is -2.52. The van der Waals surface area contributed by atoms with Crippen LogP contribution in [0.25, 0.3) is 17.6 Å². The van der Waals surface area contributed by atoms with Gasteiger partial charge in [0.1, 0.15) is 6.33 Å². The number of hydrogen-bond donors (Lipinski definition) is 0. The van der Waals surface area contributed by atoms with Gasteiger partial charge in [-0.3, -0.25) is 4.79 Å². The number of alkyl halides is 3. The zero-order valence-electron chi connectivity index (χ0n) is 15.9. The van der Waals surface area contributed by atoms with Crippen LogP contribution in [-0.2, 0) is 11.0 Å². The van der Waals surface area contributed by atoms with Gasteiger partial charge in [-0.15, -0.1) is 5.10 Å². The van der Waals surface area contributed by atoms with E-state index in [0.717, 1.165) is 18.7 Å². The van der Waals surface area contributed by atoms with E-state index in [1.807, 2.05) is 14.1 Å². The van der Waals surface area contributed by atoms with Crippen molar-refractivity contribution in [1.82, 2.24) is 24.6 Å². The Kier molecular flexibility index (Phi) is 5.55. The lowest BCUT2D eigenvalue weighted by Gasteiger charge is -2.39. The van der Waals surface area contributed by atoms with Gasteiger partial charge in [0.25, 0.3) is 0 Å². The Hall–Kier alpha value is -2.68. The number of hydrogen-bond acceptors (Lipinski definition) is 4. The highest BCUT2D eigenvalue weighted by Gasteiger charge is 2.31. The molecule has 1 amide bonds. The normalized spacial score (nSPS) is 15.5. The van der Waals surface area contributed by atoms with Crippen molar-refractivity contribution < 1.29 is 18.0 Å². The molecule has 1 saturated heterocycles. The number of carbonyl (C=O) groups excluding carboxylic acids is 1. The van der Waals surface area contributed by atoms with Crippen LogP contribution in [-0.4, -0.2) is 64.2 Å². The van der Waals surface area contributed by atoms with E-state index in [-0.39, 0.29) is 17.3 Å². The van der Waals surface area contributed by atoms with E-state index in [4.69, 9.17) is 0 Å². The van der Waals surface area contributed by atoms with Gasteiger partial charge in [0.2, 0.25) is 5.91 Å². The molecule has 0 N–H and O–H groups in total. The summed E-state index contributed by atoms with van der Waals surface area (Å²) in [6, 6.07) is 3.69. The quantitative estimate of drug-likeness (QED) is 0.733. The highest BCUT2D eigenvalue weighted by molar-refractivity contribution is 5.90. The summed E-state index contributed by atoms with van der Waals surface area (Å²) in [6.45, 7) is 3.96. The third-order valence-electron chi connectivity index (χ3n) is 4.43. The molecule has 1 aliphatic heterocycles. The topological polar surface area (TPSA) is 54.3 Å². The summed E-state index contributed by atoms with van der Waals surface area (Å²) >= 11 is 0. The highest BCUT2D eigenvalue weighted by atomic mass is 19.4. The van der Waals surface area contributed by atoms with E-state index in [1.165, 1.54) is 23.3 Å². The van der Waals surface area contributed by atoms with E-state index >= 15 is 0 Å². The third kappa shape index (κ3) is 4.78. The molecular weight excluding hydrogens is 371 g/mol. The van der Waals surface area contributed by atoms with Crippen LogP contribution in [0.1, 0.15) is 11.1 Å². The van der Waals surface area contributed by atoms with Crippen molar-refractivity contribution in [3.63, 3.8) is 0 Å². The van der Waals surface area contributed by atoms with Gasteiger partial charge in [-0.2, -0.15) is 13.2 Å². The second-order valence-corrected chi connectivity index (χ2v) is 7.32. The van der Waals surface area contributed by atoms with Crippen LogP contribution in [0, 0.1) is 12.8 Å². The summed E-state index contributed by atoms with van der Waals surface area (Å²) < 4.78 is 40.3. The maximum atomic E-state index is 13.0. The highest BCUT2D eigenvalue weighted by Crippen LogP contribution is 2.32. The number of nitrogens with zero attached hydrogens (tertiary/aromatic N) is 5. The summed E-state index contributed by atoms with van der Waals surface area (Å²) in [5, 5.41) is 4.15. The molecule has 1 aromatic heterocycles. The van der Waals surface area contributed by atoms with E-state index in [2.05, 4.69) is 15.0 Å². The molecule has 2 heterocycles. The molecule has 28 heavy (non-hydrogen) atoms. The summed E-state index contributed by atoms with van der Waals surface area (Å²) in [6.07, 6.45) is -0.225. The molecule has 0 aliphatic carbocycles. The van der Waals surface area contributed by atoms with Gasteiger partial charge in [0.15, 0.2) is 5.82 Å². The van der Waals surface area contributed by atoms with Crippen LogP contribution in [0.3, 0.4) is 0 Å². The van der Waals surface area contributed by atoms with Gasteiger partial charge >= 0.3 is 6.18 Å². The number of aromatic nitrogens is 3. The molecule has 1 aromatic carbocycles. The van der Waals surface area contributed by atoms with Crippen molar-refractivity contribution >= 4 is 12.1 Å². The first-order chi connectivity index (χ1) is 13.1. The maximum Gasteiger partial charge on any atom is 0.416 e. The number of amides is 1. The Morgan fingerprint density at radius 1 is 1.29 bits per heavy atom. The first-order valence-electron chi connectivity index (χ1n) is 8.84. The average Bonchev–Trinajstić information content (AvgIpc) is 3.03. The van der Waals surface area contributed by atoms with Crippen LogP contribution in [0.2, 0.25) is 0 Å². The van der Waals surface area contributed by atoms with Crippen molar-refractivity contribution in [3.05, 3.63) is 41.7 Å². The number of benzene rings is 1. The van der Waals surface area contributed by atoms with Gasteiger partial charge in [0, 0.05) is 43.4 Å². The average molecular weight is 393 g/mol. The molecule has 1 fully saturated rings. The number of rotatable bonds is 5. The Morgan fingerprint density at radius 3 is 2.64 bits per heavy atom. The molecule has 0 bridgehead atoms. The minimum Gasteiger partial charge on any atom is -0.338 e. The van der Waals surface area contributed by atoms with E-state index in [0.29, 0.717) is 24.6 Å². The first-order valence-corrected chi connectivity index (χ1v) is 8.84. The fourth-order valence-electron chi connectivity index (χ4n) is 3.18. The van der Waals surface area contributed by atoms with E-state index < -0.39 is 11.7 Å². The van der Waals surface area contributed by atoms with Crippen LogP contribution >= 0.6 is 0 Å². The van der Waals surface area contributed by atoms with Crippen molar-refractivity contribution in [2.45, 2.75) is 13.1 Å². The monoisotopic (exact) mass is 393 g/mol. The molecular formula is C19H22F3N5O. The Bertz CT molecular complexity index is 882. The largest absolute Gasteiger partial charge is 0.416 e. The molecule has 3 rings (SSSR count). The van der Waals surface area contributed by atoms with Crippen LogP contribution in [0.5, 0.6) is 0 Å². The van der Waals surface area contributed by atoms with Crippen molar-refractivity contribution in [2.75, 3.05) is 33.7 Å². The molecule has 150 valence electrons. The Morgan fingerprint density at radius 2 is 2.00 bits per heavy atom. The molecule has 2 aromatic rings. The molecule has 0 saturated carbocycles. The molecule has 0 spiro atoms. The summed E-state index contributed by atoms with van der Waals surface area (Å²) in [5.41, 5.74) is 0.00617. The number of aryl methyl sites for hydroxylation is 1. The van der Waals surface area contributed by atoms with Crippen molar-refractivity contribution in [3.8, 4) is 11.4 Å². The standard InChI is InChI=1S/C19H22F3N5O/c1-13-6-15(8-16(7-13)19(20,21)22)18-23-12-27(24-18)5-4-17(28)26-10-14(11-26)9-25(2)3/h4-8,12,14H,9-11H2,1-3H3/b5-4-. The second kappa shape index (κ2) is 7.75. The van der Waals surface area contributed by atoms with Gasteiger partial charge in [-0.25, -0.2) is 9.67 Å². The SMILES string of the molecule is Cc1cc(-c2ncn(/C=C\C(=O)N3CC(CN(C)C)C3)n2)cc(C(F)(F)F)c1. The minimum absolute atomic E-state index is 0.123. The molecule has 6 nitrogen and oxygen atoms in total. The Labute approximate surface area is 161 Å². The fourth-order valence-corrected chi connectivity index (χ4v) is 3.18. The predicted molar refractivity (Wildman–Crippen MR) is 99.2 cm³/mol. The number of likely N-dealkylation sites (tertiary alicyclic amines) is 1. The van der Waals surface area contributed by atoms with Gasteiger partial charge < -0.3 is 9.80 Å². The summed E-state index contributed by atoms with van der Waals surface area (Å²) in [4.78, 5) is 20.0. The molecule has 0 atom stereocenters. The van der Waals surface area contributed by atoms with E-state index in [9.17, 15) is 18.0 Å². The lowest BCUT2D eigenvalue weighted by atomic mass is 10.00. The van der Waals surface area contributed by atoms with Crippen molar-refractivity contribution in [2.24, 2.45) is 5.92 Å². The summed E-state index contributed by atoms with van der Waals surface area (Å²) in [7, 11) is 4.00. The van der Waals surface area contributed by atoms with Crippen LogP contribution < -0.4 is 0 Å². The molecule has 0 unspecified atom stereocenters. The summed E-state index contributed by atoms with van der Waals surface area (Å²) in [5.74, 6) is 0.526. The Balaban J connectivity index is 1.66. The molecule has 9 heteroatoms. The fraction of sp³-hybridized carbons (Fsp3) is 0.421. The minimum atomic E-state index is -4.43. The van der Waals surface area contributed by atoms with Crippen molar-refractivity contribution in [1.29, 1.82) is 0 Å². The predicted octanol–water partition coefficient (Wildman–Crippen LogP) is 2.76. The zero-order valence-corrected chi connectivity index (χ0v) is 15.9. The van der Waals surface area contributed by atoms with Gasteiger partial charge in [-0.05, 0) is 44.8 Å². The zero-order chi connectivity index (χ0) is 20.5. The molecule has 0 radical (unpaired) electrons. The van der Waals surface area contributed by atoms with E-state index in [1.54, 1.807) is 17.9 Å². The number of carbonyl (C=O) groups is 1. The van der Waals surface area contributed by atoms with Gasteiger partial charge in [0.05, 0.1) is 5.56 Å². The number of halogens is 3. The molecule has 1 aliphatic rings.